The van der Waals surface area contributed by atoms with Gasteiger partial charge in [0.05, 0.1) is 0 Å². The summed E-state index contributed by atoms with van der Waals surface area (Å²) < 4.78 is 24.9. The minimum absolute atomic E-state index is 0. The van der Waals surface area contributed by atoms with E-state index in [0.717, 1.165) is 0 Å². The van der Waals surface area contributed by atoms with E-state index in [1.54, 1.807) is 0 Å². The molecule has 0 atom stereocenters. The maximum atomic E-state index is 8.50. The molecule has 32 valence electrons. The van der Waals surface area contributed by atoms with Crippen molar-refractivity contribution in [2.45, 2.75) is 0 Å². The molecular formula is CoLiO3Ti. The molecule has 0 rings (SSSR count). The van der Waals surface area contributed by atoms with Gasteiger partial charge in [-0.15, -0.1) is 0 Å². The van der Waals surface area contributed by atoms with Gasteiger partial charge in [-0.3, -0.25) is 0 Å². The molecule has 0 heterocycles. The Balaban J connectivity index is -0.0000000275. The fourth-order valence-corrected chi connectivity index (χ4v) is 0. The molecule has 0 aromatic rings. The van der Waals surface area contributed by atoms with Gasteiger partial charge in [0.15, 0.2) is 0 Å². The molecule has 6 heavy (non-hydrogen) atoms. The average molecular weight is 162 g/mol. The van der Waals surface area contributed by atoms with Gasteiger partial charge in [0.2, 0.25) is 0 Å². The van der Waals surface area contributed by atoms with E-state index in [1.165, 1.54) is 0 Å². The molecule has 0 aromatic heterocycles. The molecule has 0 fully saturated rings. The van der Waals surface area contributed by atoms with Crippen LogP contribution in [0.1, 0.15) is 0 Å². The molecule has 0 bridgehead atoms. The third-order valence-corrected chi connectivity index (χ3v) is 0. The van der Waals surface area contributed by atoms with Crippen LogP contribution in [0.4, 0.5) is 0 Å². The van der Waals surface area contributed by atoms with E-state index >= 15 is 0 Å². The zero-order chi connectivity index (χ0) is 4.71. The van der Waals surface area contributed by atoms with E-state index in [2.05, 4.69) is 15.7 Å². The summed E-state index contributed by atoms with van der Waals surface area (Å²) in [6.07, 6.45) is 0. The van der Waals surface area contributed by atoms with Crippen molar-refractivity contribution in [3.05, 3.63) is 0 Å². The van der Waals surface area contributed by atoms with Gasteiger partial charge >= 0.3 is 45.3 Å². The fourth-order valence-electron chi connectivity index (χ4n) is 0. The Morgan fingerprint density at radius 1 is 1.17 bits per heavy atom. The van der Waals surface area contributed by atoms with E-state index < -0.39 is 19.1 Å². The van der Waals surface area contributed by atoms with Crippen LogP contribution in [-0.4, -0.2) is 18.9 Å². The molecule has 0 aliphatic heterocycles. The summed E-state index contributed by atoms with van der Waals surface area (Å²) in [5.74, 6) is 0. The van der Waals surface area contributed by atoms with Crippen molar-refractivity contribution in [1.82, 2.24) is 0 Å². The van der Waals surface area contributed by atoms with Crippen LogP contribution in [0.2, 0.25) is 0 Å². The van der Waals surface area contributed by atoms with E-state index in [1.807, 2.05) is 0 Å². The van der Waals surface area contributed by atoms with Gasteiger partial charge < -0.3 is 0 Å². The molecule has 3 nitrogen and oxygen atoms in total. The normalized spacial score (nSPS) is 2.17. The van der Waals surface area contributed by atoms with Gasteiger partial charge in [0.1, 0.15) is 0 Å². The second kappa shape index (κ2) is 34.4. The van der Waals surface area contributed by atoms with Crippen molar-refractivity contribution in [1.29, 1.82) is 0 Å². The predicted octanol–water partition coefficient (Wildman–Crippen LogP) is -0.742. The second-order valence-electron chi connectivity index (χ2n) is 0.0833. The topological polar surface area (TPSA) is 51.2 Å². The van der Waals surface area contributed by atoms with Gasteiger partial charge in [0.25, 0.3) is 0 Å². The zero-order valence-corrected chi connectivity index (χ0v) is 5.66. The van der Waals surface area contributed by atoms with E-state index in [-0.39, 0.29) is 18.9 Å². The third-order valence-electron chi connectivity index (χ3n) is 0. The van der Waals surface area contributed by atoms with Crippen molar-refractivity contribution in [3.63, 3.8) is 0 Å². The van der Waals surface area contributed by atoms with Crippen LogP contribution in [0, 0.1) is 0 Å². The SMILES string of the molecule is [Li].[O]=[Co].[O]=[Ti]=[O]. The van der Waals surface area contributed by atoms with E-state index in [4.69, 9.17) is 10.5 Å². The summed E-state index contributed by atoms with van der Waals surface area (Å²) in [7, 11) is 0. The van der Waals surface area contributed by atoms with Gasteiger partial charge in [-0.2, -0.15) is 0 Å². The summed E-state index contributed by atoms with van der Waals surface area (Å²) in [4.78, 5) is 0. The van der Waals surface area contributed by atoms with Crippen LogP contribution < -0.4 is 0 Å². The molecule has 0 spiro atoms. The molecule has 1 radical (unpaired) electrons. The first-order valence-electron chi connectivity index (χ1n) is 0.544. The van der Waals surface area contributed by atoms with Crippen LogP contribution in [0.15, 0.2) is 0 Å². The van der Waals surface area contributed by atoms with E-state index in [0.29, 0.717) is 0 Å². The average Bonchev–Trinajstić information content (AvgIpc) is 1.46. The third kappa shape index (κ3) is 62.6. The number of hydrogen-bond donors (Lipinski definition) is 0. The molecule has 0 N–H and O–H groups in total. The van der Waals surface area contributed by atoms with Gasteiger partial charge in [-0.05, 0) is 0 Å². The monoisotopic (exact) mass is 162 g/mol. The van der Waals surface area contributed by atoms with Gasteiger partial charge in [0, 0.05) is 18.9 Å². The quantitative estimate of drug-likeness (QED) is 0.440. The summed E-state index contributed by atoms with van der Waals surface area (Å²) in [6, 6.07) is 0. The minimum atomic E-state index is -2.00. The molecule has 0 aliphatic carbocycles. The Morgan fingerprint density at radius 3 is 1.17 bits per heavy atom. The Labute approximate surface area is 63.8 Å². The summed E-state index contributed by atoms with van der Waals surface area (Å²) in [5.41, 5.74) is 0. The molecule has 0 aliphatic rings. The molecular weight excluding hydrogens is 162 g/mol. The van der Waals surface area contributed by atoms with Crippen molar-refractivity contribution in [2.75, 3.05) is 0 Å². The van der Waals surface area contributed by atoms with Gasteiger partial charge in [-0.25, -0.2) is 0 Å². The molecule has 6 heteroatoms. The number of rotatable bonds is 0. The standard InChI is InChI=1S/Co.Li.3O.Ti. The van der Waals surface area contributed by atoms with Crippen molar-refractivity contribution >= 4 is 18.9 Å². The molecule has 0 saturated carbocycles. The van der Waals surface area contributed by atoms with Gasteiger partial charge in [-0.1, -0.05) is 0 Å². The predicted molar refractivity (Wildman–Crippen MR) is 7.81 cm³/mol. The second-order valence-corrected chi connectivity index (χ2v) is 0.344. The van der Waals surface area contributed by atoms with Crippen LogP contribution in [0.5, 0.6) is 0 Å². The van der Waals surface area contributed by atoms with Crippen molar-refractivity contribution in [3.8, 4) is 0 Å². The Morgan fingerprint density at radius 2 is 1.17 bits per heavy atom. The van der Waals surface area contributed by atoms with Crippen molar-refractivity contribution in [2.24, 2.45) is 0 Å². The molecule has 0 amide bonds. The van der Waals surface area contributed by atoms with E-state index in [9.17, 15) is 0 Å². The summed E-state index contributed by atoms with van der Waals surface area (Å²) in [6.45, 7) is 0. The summed E-state index contributed by atoms with van der Waals surface area (Å²) >= 11 is 0.312. The Bertz CT molecular complexity index is 40.1. The fraction of sp³-hybridized carbons (Fsp3) is 0. The van der Waals surface area contributed by atoms with Crippen LogP contribution >= 0.6 is 0 Å². The molecule has 0 unspecified atom stereocenters. The zero-order valence-electron chi connectivity index (χ0n) is 3.06. The van der Waals surface area contributed by atoms with Crippen molar-refractivity contribution < 1.29 is 45.3 Å². The first-order chi connectivity index (χ1) is 2.41. The summed E-state index contributed by atoms with van der Waals surface area (Å²) in [5, 5.41) is 0. The Kier molecular flexibility index (Phi) is 90.0. The first kappa shape index (κ1) is 15.7. The number of hydrogen-bond acceptors (Lipinski definition) is 3. The molecule has 0 aromatic carbocycles. The first-order valence-corrected chi connectivity index (χ1v) is 2.24. The van der Waals surface area contributed by atoms with Crippen LogP contribution in [0.3, 0.4) is 0 Å². The van der Waals surface area contributed by atoms with Crippen LogP contribution in [-0.2, 0) is 45.3 Å². The van der Waals surface area contributed by atoms with Crippen LogP contribution in [0.25, 0.3) is 0 Å². The molecule has 0 saturated heterocycles. The Hall–Kier alpha value is 1.22. The maximum absolute atomic E-state index is 8.50.